The summed E-state index contributed by atoms with van der Waals surface area (Å²) in [4.78, 5) is 14.7. The molecule has 3 N–H and O–H groups in total. The largest absolute Gasteiger partial charge is 0.497 e. The second kappa shape index (κ2) is 10.7. The van der Waals surface area contributed by atoms with E-state index in [-0.39, 0.29) is 42.2 Å². The number of carbonyl (C=O) groups excluding carboxylic acids is 1. The summed E-state index contributed by atoms with van der Waals surface area (Å²) in [5, 5.41) is 2.81. The van der Waals surface area contributed by atoms with Crippen LogP contribution in [0.15, 0.2) is 42.5 Å². The minimum atomic E-state index is -2.90. The molecule has 29 heavy (non-hydrogen) atoms. The van der Waals surface area contributed by atoms with Crippen LogP contribution in [0.3, 0.4) is 0 Å². The highest BCUT2D eigenvalue weighted by Crippen LogP contribution is 2.25. The van der Waals surface area contributed by atoms with Gasteiger partial charge in [0.25, 0.3) is 5.91 Å². The molecule has 2 aromatic rings. The van der Waals surface area contributed by atoms with E-state index in [0.29, 0.717) is 42.3 Å². The number of ether oxygens (including phenoxy) is 1. The molecule has 1 saturated heterocycles. The highest BCUT2D eigenvalue weighted by Gasteiger charge is 2.21. The highest BCUT2D eigenvalue weighted by atomic mass is 35.5. The Bertz CT molecular complexity index is 940. The monoisotopic (exact) mass is 461 g/mol. The van der Waals surface area contributed by atoms with Crippen LogP contribution >= 0.6 is 24.8 Å². The van der Waals surface area contributed by atoms with Crippen LogP contribution in [0.1, 0.15) is 15.9 Å². The van der Waals surface area contributed by atoms with E-state index >= 15 is 0 Å². The molecule has 2 aromatic carbocycles. The SMILES string of the molecule is COc1ccc(N)c(NC(=O)c2cccc(CN3CCS(=O)(=O)CC3)c2)c1.Cl.Cl. The lowest BCUT2D eigenvalue weighted by atomic mass is 10.1. The quantitative estimate of drug-likeness (QED) is 0.663. The van der Waals surface area contributed by atoms with Crippen LogP contribution in [-0.2, 0) is 16.4 Å². The average molecular weight is 462 g/mol. The van der Waals surface area contributed by atoms with Gasteiger partial charge in [0.05, 0.1) is 30.0 Å². The lowest BCUT2D eigenvalue weighted by Crippen LogP contribution is -2.39. The molecular weight excluding hydrogens is 437 g/mol. The van der Waals surface area contributed by atoms with E-state index in [0.717, 1.165) is 5.56 Å². The van der Waals surface area contributed by atoms with Crippen molar-refractivity contribution in [2.45, 2.75) is 6.54 Å². The number of rotatable bonds is 5. The lowest BCUT2D eigenvalue weighted by molar-refractivity contribution is 0.102. The number of amides is 1. The van der Waals surface area contributed by atoms with Gasteiger partial charge in [-0.3, -0.25) is 9.69 Å². The van der Waals surface area contributed by atoms with Crippen LogP contribution in [0.25, 0.3) is 0 Å². The molecule has 10 heteroatoms. The summed E-state index contributed by atoms with van der Waals surface area (Å²) in [6, 6.07) is 12.4. The number of sulfone groups is 1. The number of anilines is 2. The summed E-state index contributed by atoms with van der Waals surface area (Å²) in [5.74, 6) is 0.705. The minimum absolute atomic E-state index is 0. The molecule has 0 bridgehead atoms. The number of hydrogen-bond acceptors (Lipinski definition) is 6. The molecule has 160 valence electrons. The predicted octanol–water partition coefficient (Wildman–Crippen LogP) is 2.60. The molecule has 1 amide bonds. The molecular formula is C19H25Cl2N3O4S. The zero-order valence-corrected chi connectivity index (χ0v) is 18.4. The molecule has 0 aliphatic carbocycles. The second-order valence-electron chi connectivity index (χ2n) is 6.54. The standard InChI is InChI=1S/C19H23N3O4S.2ClH/c1-26-16-5-6-17(20)18(12-16)21-19(23)15-4-2-3-14(11-15)13-22-7-9-27(24,25)10-8-22;;/h2-6,11-12H,7-10,13,20H2,1H3,(H,21,23);2*1H. The van der Waals surface area contributed by atoms with Crippen molar-refractivity contribution in [1.29, 1.82) is 0 Å². The first-order valence-corrected chi connectivity index (χ1v) is 10.4. The summed E-state index contributed by atoms with van der Waals surface area (Å²) < 4.78 is 28.2. The summed E-state index contributed by atoms with van der Waals surface area (Å²) in [6.07, 6.45) is 0. The van der Waals surface area contributed by atoms with Gasteiger partial charge in [0.1, 0.15) is 5.75 Å². The number of methoxy groups -OCH3 is 1. The van der Waals surface area contributed by atoms with Crippen LogP contribution < -0.4 is 15.8 Å². The molecule has 0 saturated carbocycles. The summed E-state index contributed by atoms with van der Waals surface area (Å²) in [7, 11) is -1.35. The molecule has 0 radical (unpaired) electrons. The molecule has 7 nitrogen and oxygen atoms in total. The Labute approximate surface area is 183 Å². The van der Waals surface area contributed by atoms with Crippen LogP contribution in [0.2, 0.25) is 0 Å². The normalized spacial score (nSPS) is 15.5. The van der Waals surface area contributed by atoms with Gasteiger partial charge in [0.15, 0.2) is 9.84 Å². The van der Waals surface area contributed by atoms with Gasteiger partial charge < -0.3 is 15.8 Å². The average Bonchev–Trinajstić information content (AvgIpc) is 2.65. The van der Waals surface area contributed by atoms with E-state index < -0.39 is 9.84 Å². The Kier molecular flexibility index (Phi) is 9.22. The van der Waals surface area contributed by atoms with Crippen molar-refractivity contribution in [3.05, 3.63) is 53.6 Å². The number of nitrogens with zero attached hydrogens (tertiary/aromatic N) is 1. The van der Waals surface area contributed by atoms with Gasteiger partial charge in [-0.25, -0.2) is 8.42 Å². The molecule has 0 spiro atoms. The molecule has 3 rings (SSSR count). The molecule has 0 aromatic heterocycles. The van der Waals surface area contributed by atoms with Crippen molar-refractivity contribution in [3.63, 3.8) is 0 Å². The molecule has 1 aliphatic heterocycles. The van der Waals surface area contributed by atoms with E-state index in [1.165, 1.54) is 0 Å². The Morgan fingerprint density at radius 1 is 1.14 bits per heavy atom. The topological polar surface area (TPSA) is 102 Å². The number of hydrogen-bond donors (Lipinski definition) is 2. The summed E-state index contributed by atoms with van der Waals surface area (Å²) in [6.45, 7) is 1.64. The fraction of sp³-hybridized carbons (Fsp3) is 0.316. The fourth-order valence-electron chi connectivity index (χ4n) is 2.94. The number of benzene rings is 2. The Balaban J connectivity index is 0.00000210. The van der Waals surface area contributed by atoms with Gasteiger partial charge in [-0.2, -0.15) is 0 Å². The van der Waals surface area contributed by atoms with E-state index in [2.05, 4.69) is 10.2 Å². The maximum atomic E-state index is 12.6. The minimum Gasteiger partial charge on any atom is -0.497 e. The van der Waals surface area contributed by atoms with E-state index in [9.17, 15) is 13.2 Å². The van der Waals surface area contributed by atoms with E-state index in [1.54, 1.807) is 31.4 Å². The van der Waals surface area contributed by atoms with Crippen molar-refractivity contribution < 1.29 is 17.9 Å². The zero-order valence-electron chi connectivity index (χ0n) is 16.0. The number of nitrogen functional groups attached to an aromatic ring is 1. The van der Waals surface area contributed by atoms with Crippen molar-refractivity contribution in [1.82, 2.24) is 4.90 Å². The van der Waals surface area contributed by atoms with Gasteiger partial charge in [-0.1, -0.05) is 12.1 Å². The van der Waals surface area contributed by atoms with Crippen molar-refractivity contribution >= 4 is 51.9 Å². The first-order chi connectivity index (χ1) is 12.9. The number of carbonyl (C=O) groups is 1. The second-order valence-corrected chi connectivity index (χ2v) is 8.84. The van der Waals surface area contributed by atoms with E-state index in [4.69, 9.17) is 10.5 Å². The van der Waals surface area contributed by atoms with Gasteiger partial charge >= 0.3 is 0 Å². The van der Waals surface area contributed by atoms with Gasteiger partial charge in [-0.05, 0) is 29.8 Å². The zero-order chi connectivity index (χ0) is 19.4. The number of halogens is 2. The van der Waals surface area contributed by atoms with Crippen molar-refractivity contribution in [3.8, 4) is 5.75 Å². The Morgan fingerprint density at radius 3 is 2.48 bits per heavy atom. The number of nitrogens with two attached hydrogens (primary N) is 1. The van der Waals surface area contributed by atoms with Crippen molar-refractivity contribution in [2.24, 2.45) is 0 Å². The third kappa shape index (κ3) is 6.78. The van der Waals surface area contributed by atoms with Crippen molar-refractivity contribution in [2.75, 3.05) is 42.8 Å². The molecule has 1 fully saturated rings. The fourth-order valence-corrected chi connectivity index (χ4v) is 4.22. The van der Waals surface area contributed by atoms with Gasteiger partial charge in [0, 0.05) is 31.3 Å². The lowest BCUT2D eigenvalue weighted by Gasteiger charge is -2.26. The van der Waals surface area contributed by atoms with Crippen LogP contribution in [-0.4, -0.2) is 50.9 Å². The maximum absolute atomic E-state index is 12.6. The van der Waals surface area contributed by atoms with Crippen LogP contribution in [0, 0.1) is 0 Å². The Hall–Kier alpha value is -2.00. The maximum Gasteiger partial charge on any atom is 0.255 e. The highest BCUT2D eigenvalue weighted by molar-refractivity contribution is 7.91. The first kappa shape index (κ1) is 25.0. The van der Waals surface area contributed by atoms with Crippen LogP contribution in [0.4, 0.5) is 11.4 Å². The Morgan fingerprint density at radius 2 is 1.83 bits per heavy atom. The third-order valence-corrected chi connectivity index (χ3v) is 6.15. The van der Waals surface area contributed by atoms with Gasteiger partial charge in [-0.15, -0.1) is 24.8 Å². The summed E-state index contributed by atoms with van der Waals surface area (Å²) in [5.41, 5.74) is 8.34. The number of nitrogens with one attached hydrogen (secondary N) is 1. The van der Waals surface area contributed by atoms with Gasteiger partial charge in [0.2, 0.25) is 0 Å². The molecule has 1 aliphatic rings. The first-order valence-electron chi connectivity index (χ1n) is 8.63. The van der Waals surface area contributed by atoms with Crippen LogP contribution in [0.5, 0.6) is 5.75 Å². The molecule has 0 unspecified atom stereocenters. The predicted molar refractivity (Wildman–Crippen MR) is 120 cm³/mol. The smallest absolute Gasteiger partial charge is 0.255 e. The van der Waals surface area contributed by atoms with E-state index in [1.807, 2.05) is 18.2 Å². The molecule has 0 atom stereocenters. The third-order valence-electron chi connectivity index (χ3n) is 4.54. The summed E-state index contributed by atoms with van der Waals surface area (Å²) >= 11 is 0. The molecule has 1 heterocycles.